The third kappa shape index (κ3) is 0.645. The number of carbonyl (C=O) groups excluding carboxylic acids is 2. The molecule has 14 heavy (non-hydrogen) atoms. The number of carbonyl (C=O) groups is 2. The Morgan fingerprint density at radius 3 is 1.86 bits per heavy atom. The normalized spacial score (nSPS) is 58.0. The summed E-state index contributed by atoms with van der Waals surface area (Å²) in [5.74, 6) is 1.93. The van der Waals surface area contributed by atoms with E-state index in [0.717, 1.165) is 24.7 Å². The fourth-order valence-electron chi connectivity index (χ4n) is 4.34. The second-order valence-corrected chi connectivity index (χ2v) is 5.26. The van der Waals surface area contributed by atoms with Gasteiger partial charge in [-0.25, -0.2) is 0 Å². The molecule has 74 valence electrons. The Labute approximate surface area is 81.8 Å². The van der Waals surface area contributed by atoms with E-state index in [9.17, 15) is 9.59 Å². The highest BCUT2D eigenvalue weighted by Gasteiger charge is 2.67. The Kier molecular flexibility index (Phi) is 1.09. The van der Waals surface area contributed by atoms with Crippen LogP contribution in [0.1, 0.15) is 19.3 Å². The quantitative estimate of drug-likeness (QED) is 0.424. The van der Waals surface area contributed by atoms with Gasteiger partial charge in [-0.1, -0.05) is 0 Å². The molecule has 4 aliphatic carbocycles. The molecule has 5 rings (SSSR count). The molecule has 0 radical (unpaired) electrons. The Hall–Kier alpha value is -0.860. The molecular weight excluding hydrogens is 180 g/mol. The van der Waals surface area contributed by atoms with Crippen LogP contribution in [-0.4, -0.2) is 11.9 Å². The van der Waals surface area contributed by atoms with Crippen molar-refractivity contribution in [1.29, 1.82) is 0 Å². The van der Waals surface area contributed by atoms with Crippen molar-refractivity contribution in [3.05, 3.63) is 0 Å². The van der Waals surface area contributed by atoms with E-state index in [-0.39, 0.29) is 23.8 Å². The van der Waals surface area contributed by atoms with Crippen molar-refractivity contribution in [2.75, 3.05) is 0 Å². The Morgan fingerprint density at radius 2 is 1.36 bits per heavy atom. The van der Waals surface area contributed by atoms with Gasteiger partial charge in [-0.15, -0.1) is 0 Å². The summed E-state index contributed by atoms with van der Waals surface area (Å²) in [5.41, 5.74) is 0. The molecule has 5 aliphatic rings. The molecule has 0 aromatic rings. The average Bonchev–Trinajstić information content (AvgIpc) is 2.92. The van der Waals surface area contributed by atoms with Crippen LogP contribution < -0.4 is 0 Å². The zero-order valence-electron chi connectivity index (χ0n) is 7.81. The lowest BCUT2D eigenvalue weighted by Crippen LogP contribution is -2.43. The SMILES string of the molecule is O=C1OC(=O)[C@H]2[C@H]3CC[C@H]([C@@H]4C[C@@H]43)[C@@H]12. The van der Waals surface area contributed by atoms with E-state index in [4.69, 9.17) is 4.74 Å². The molecule has 0 amide bonds. The summed E-state index contributed by atoms with van der Waals surface area (Å²) in [6.07, 6.45) is 3.56. The van der Waals surface area contributed by atoms with Crippen molar-refractivity contribution in [2.45, 2.75) is 19.3 Å². The van der Waals surface area contributed by atoms with Gasteiger partial charge in [0.2, 0.25) is 0 Å². The van der Waals surface area contributed by atoms with Crippen LogP contribution in [0, 0.1) is 35.5 Å². The van der Waals surface area contributed by atoms with Gasteiger partial charge in [0.25, 0.3) is 0 Å². The molecule has 1 aliphatic heterocycles. The Balaban J connectivity index is 1.83. The fourth-order valence-corrected chi connectivity index (χ4v) is 4.34. The summed E-state index contributed by atoms with van der Waals surface area (Å²) < 4.78 is 4.78. The van der Waals surface area contributed by atoms with Crippen LogP contribution in [0.25, 0.3) is 0 Å². The fraction of sp³-hybridized carbons (Fsp3) is 0.818. The van der Waals surface area contributed by atoms with E-state index < -0.39 is 0 Å². The number of esters is 2. The van der Waals surface area contributed by atoms with E-state index in [1.165, 1.54) is 6.42 Å². The van der Waals surface area contributed by atoms with Gasteiger partial charge in [-0.3, -0.25) is 9.59 Å². The topological polar surface area (TPSA) is 43.4 Å². The highest BCUT2D eigenvalue weighted by Crippen LogP contribution is 2.67. The molecule has 0 aromatic heterocycles. The number of fused-ring (bicyclic) bond motifs is 1. The Morgan fingerprint density at radius 1 is 0.857 bits per heavy atom. The first kappa shape index (κ1) is 7.43. The van der Waals surface area contributed by atoms with Gasteiger partial charge < -0.3 is 4.74 Å². The molecule has 3 nitrogen and oxygen atoms in total. The van der Waals surface area contributed by atoms with Gasteiger partial charge >= 0.3 is 11.9 Å². The molecule has 3 heteroatoms. The van der Waals surface area contributed by atoms with Gasteiger partial charge in [0.1, 0.15) is 0 Å². The van der Waals surface area contributed by atoms with Gasteiger partial charge in [-0.2, -0.15) is 0 Å². The minimum absolute atomic E-state index is 0.0509. The van der Waals surface area contributed by atoms with Crippen molar-refractivity contribution < 1.29 is 14.3 Å². The number of hydrogen-bond donors (Lipinski definition) is 0. The van der Waals surface area contributed by atoms with E-state index >= 15 is 0 Å². The van der Waals surface area contributed by atoms with Crippen molar-refractivity contribution >= 4 is 11.9 Å². The maximum atomic E-state index is 11.5. The number of ether oxygens (including phenoxy) is 1. The lowest BCUT2D eigenvalue weighted by atomic mass is 9.59. The molecule has 5 fully saturated rings. The predicted octanol–water partition coefficient (Wildman–Crippen LogP) is 0.978. The van der Waals surface area contributed by atoms with E-state index in [2.05, 4.69) is 0 Å². The summed E-state index contributed by atoms with van der Waals surface area (Å²) in [4.78, 5) is 23.1. The Bertz CT molecular complexity index is 316. The van der Waals surface area contributed by atoms with Gasteiger partial charge in [-0.05, 0) is 42.9 Å². The molecule has 0 unspecified atom stereocenters. The van der Waals surface area contributed by atoms with E-state index in [0.29, 0.717) is 11.8 Å². The summed E-state index contributed by atoms with van der Waals surface area (Å²) in [7, 11) is 0. The van der Waals surface area contributed by atoms with Crippen LogP contribution in [0.15, 0.2) is 0 Å². The predicted molar refractivity (Wildman–Crippen MR) is 45.9 cm³/mol. The van der Waals surface area contributed by atoms with Gasteiger partial charge in [0, 0.05) is 0 Å². The third-order valence-corrected chi connectivity index (χ3v) is 4.88. The first-order valence-corrected chi connectivity index (χ1v) is 5.53. The van der Waals surface area contributed by atoms with Crippen LogP contribution in [-0.2, 0) is 14.3 Å². The van der Waals surface area contributed by atoms with E-state index in [1.807, 2.05) is 0 Å². The summed E-state index contributed by atoms with van der Waals surface area (Å²) in [5, 5.41) is 0. The van der Waals surface area contributed by atoms with Crippen molar-refractivity contribution in [1.82, 2.24) is 0 Å². The van der Waals surface area contributed by atoms with Crippen LogP contribution in [0.3, 0.4) is 0 Å². The maximum Gasteiger partial charge on any atom is 0.317 e. The average molecular weight is 192 g/mol. The van der Waals surface area contributed by atoms with Gasteiger partial charge in [0.15, 0.2) is 0 Å². The van der Waals surface area contributed by atoms with Crippen LogP contribution in [0.4, 0.5) is 0 Å². The molecule has 2 bridgehead atoms. The molecule has 1 saturated heterocycles. The summed E-state index contributed by atoms with van der Waals surface area (Å²) >= 11 is 0. The standard InChI is InChI=1S/C11H12O3/c12-10-8-4-1-2-5(7-3-6(4)7)9(8)11(13)14-10/h4-9H,1-3H2/t4-,5+,6+,7-,8-,9+. The van der Waals surface area contributed by atoms with Crippen molar-refractivity contribution in [3.63, 3.8) is 0 Å². The number of cyclic esters (lactones) is 2. The summed E-state index contributed by atoms with van der Waals surface area (Å²) in [6, 6.07) is 0. The minimum Gasteiger partial charge on any atom is -0.393 e. The van der Waals surface area contributed by atoms with Crippen LogP contribution >= 0.6 is 0 Å². The smallest absolute Gasteiger partial charge is 0.317 e. The van der Waals surface area contributed by atoms with Crippen LogP contribution in [0.5, 0.6) is 0 Å². The zero-order valence-corrected chi connectivity index (χ0v) is 7.81. The highest BCUT2D eigenvalue weighted by molar-refractivity contribution is 5.97. The minimum atomic E-state index is -0.222. The molecule has 1 heterocycles. The third-order valence-electron chi connectivity index (χ3n) is 4.88. The first-order chi connectivity index (χ1) is 6.77. The highest BCUT2D eigenvalue weighted by atomic mass is 16.6. The van der Waals surface area contributed by atoms with Crippen molar-refractivity contribution in [3.8, 4) is 0 Å². The van der Waals surface area contributed by atoms with E-state index in [1.54, 1.807) is 0 Å². The lowest BCUT2D eigenvalue weighted by Gasteiger charge is -2.41. The van der Waals surface area contributed by atoms with Crippen molar-refractivity contribution in [2.24, 2.45) is 35.5 Å². The molecular formula is C11H12O3. The molecule has 6 atom stereocenters. The maximum absolute atomic E-state index is 11.5. The summed E-state index contributed by atoms with van der Waals surface area (Å²) in [6.45, 7) is 0. The number of rotatable bonds is 0. The second-order valence-electron chi connectivity index (χ2n) is 5.26. The van der Waals surface area contributed by atoms with Gasteiger partial charge in [0.05, 0.1) is 11.8 Å². The molecule has 0 N–H and O–H groups in total. The molecule has 0 spiro atoms. The molecule has 4 saturated carbocycles. The largest absolute Gasteiger partial charge is 0.393 e. The molecule has 0 aromatic carbocycles. The van der Waals surface area contributed by atoms with Crippen LogP contribution in [0.2, 0.25) is 0 Å². The first-order valence-electron chi connectivity index (χ1n) is 5.53. The lowest BCUT2D eigenvalue weighted by molar-refractivity contribution is -0.154. The second kappa shape index (κ2) is 2.05. The number of hydrogen-bond acceptors (Lipinski definition) is 3. The monoisotopic (exact) mass is 192 g/mol. The zero-order chi connectivity index (χ0) is 9.45.